The Balaban J connectivity index is 1.96. The van der Waals surface area contributed by atoms with Crippen molar-refractivity contribution < 1.29 is 26.3 Å². The van der Waals surface area contributed by atoms with Crippen LogP contribution < -0.4 is 4.18 Å². The molecule has 2 rings (SSSR count). The van der Waals surface area contributed by atoms with Crippen LogP contribution in [0.2, 0.25) is 0 Å². The largest absolute Gasteiger partial charge is 0.449 e. The second-order valence-corrected chi connectivity index (χ2v) is 8.22. The lowest BCUT2D eigenvalue weighted by molar-refractivity contribution is -0.242. The van der Waals surface area contributed by atoms with Crippen LogP contribution in [0.3, 0.4) is 0 Å². The van der Waals surface area contributed by atoms with Crippen LogP contribution in [0.15, 0.2) is 28.7 Å². The summed E-state index contributed by atoms with van der Waals surface area (Å²) in [5.41, 5.74) is 0. The molecule has 1 heterocycles. The van der Waals surface area contributed by atoms with Crippen LogP contribution in [0.4, 0.5) is 0 Å². The molecule has 1 aromatic carbocycles. The molecule has 1 aromatic rings. The lowest BCUT2D eigenvalue weighted by Gasteiger charge is -2.42. The van der Waals surface area contributed by atoms with Gasteiger partial charge in [-0.2, -0.15) is 8.42 Å². The Morgan fingerprint density at radius 3 is 2.29 bits per heavy atom. The summed E-state index contributed by atoms with van der Waals surface area (Å²) in [4.78, 5) is 0. The zero-order valence-electron chi connectivity index (χ0n) is 14.1. The van der Waals surface area contributed by atoms with E-state index in [1.807, 2.05) is 6.92 Å². The van der Waals surface area contributed by atoms with Gasteiger partial charge in [-0.25, -0.2) is 4.18 Å². The first-order valence-electron chi connectivity index (χ1n) is 7.76. The predicted octanol–water partition coefficient (Wildman–Crippen LogP) is 3.37. The van der Waals surface area contributed by atoms with E-state index in [4.69, 9.17) is 17.8 Å². The van der Waals surface area contributed by atoms with Crippen molar-refractivity contribution in [2.45, 2.75) is 33.2 Å². The fourth-order valence-electron chi connectivity index (χ4n) is 2.73. The molecule has 2 unspecified atom stereocenters. The Morgan fingerprint density at radius 2 is 1.71 bits per heavy atom. The third-order valence-electron chi connectivity index (χ3n) is 4.60. The van der Waals surface area contributed by atoms with E-state index in [-0.39, 0.29) is 36.6 Å². The monoisotopic (exact) mass is 422 g/mol. The summed E-state index contributed by atoms with van der Waals surface area (Å²) in [6.45, 7) is 6.06. The lowest BCUT2D eigenvalue weighted by Crippen LogP contribution is -2.47. The molecule has 0 saturated carbocycles. The fourth-order valence-corrected chi connectivity index (χ4v) is 3.69. The summed E-state index contributed by atoms with van der Waals surface area (Å²) in [5, 5.41) is 0. The van der Waals surface area contributed by atoms with Gasteiger partial charge in [0.15, 0.2) is 6.29 Å². The number of hydrogen-bond donors (Lipinski definition) is 0. The number of benzene rings is 1. The van der Waals surface area contributed by atoms with E-state index in [0.717, 1.165) is 4.47 Å². The molecule has 0 aromatic heterocycles. The van der Waals surface area contributed by atoms with Gasteiger partial charge in [-0.3, -0.25) is 0 Å². The quantitative estimate of drug-likeness (QED) is 0.699. The maximum absolute atomic E-state index is 12.0. The minimum atomic E-state index is -4.16. The molecule has 1 fully saturated rings. The molecule has 0 amide bonds. The van der Waals surface area contributed by atoms with E-state index in [0.29, 0.717) is 5.92 Å². The third-order valence-corrected chi connectivity index (χ3v) is 5.95. The number of rotatable bonds is 6. The van der Waals surface area contributed by atoms with Gasteiger partial charge >= 0.3 is 10.4 Å². The highest BCUT2D eigenvalue weighted by molar-refractivity contribution is 9.10. The van der Waals surface area contributed by atoms with Crippen molar-refractivity contribution >= 4 is 26.3 Å². The van der Waals surface area contributed by atoms with E-state index in [1.54, 1.807) is 19.2 Å². The van der Waals surface area contributed by atoms with Crippen molar-refractivity contribution in [3.63, 3.8) is 0 Å². The molecule has 1 aliphatic heterocycles. The first kappa shape index (κ1) is 19.7. The van der Waals surface area contributed by atoms with Gasteiger partial charge in [0.1, 0.15) is 5.75 Å². The number of ether oxygens (including phenoxy) is 2. The number of methoxy groups -OCH3 is 1. The second kappa shape index (κ2) is 8.14. The van der Waals surface area contributed by atoms with Gasteiger partial charge in [-0.1, -0.05) is 36.7 Å². The van der Waals surface area contributed by atoms with Gasteiger partial charge in [-0.05, 0) is 36.1 Å². The molecule has 0 aliphatic carbocycles. The molecule has 1 aliphatic rings. The van der Waals surface area contributed by atoms with E-state index in [1.165, 1.54) is 12.1 Å². The first-order chi connectivity index (χ1) is 11.2. The fraction of sp³-hybridized carbons (Fsp3) is 0.625. The zero-order chi connectivity index (χ0) is 17.9. The van der Waals surface area contributed by atoms with Crippen molar-refractivity contribution in [1.29, 1.82) is 0 Å². The molecule has 0 spiro atoms. The minimum absolute atomic E-state index is 0.114. The highest BCUT2D eigenvalue weighted by atomic mass is 79.9. The molecule has 0 N–H and O–H groups in total. The Hall–Kier alpha value is -0.670. The standard InChI is InChI=1S/C16H23BrO6S/c1-10-11(2)15(22-16(20-4)12(10)3)9-21-24(18,19)23-14-7-5-13(17)6-8-14/h5-8,10-12,15-16H,9H2,1-4H3/t10-,11-,12?,15?,16-/m0/s1. The van der Waals surface area contributed by atoms with E-state index in [2.05, 4.69) is 29.8 Å². The highest BCUT2D eigenvalue weighted by Gasteiger charge is 2.40. The lowest BCUT2D eigenvalue weighted by atomic mass is 9.79. The van der Waals surface area contributed by atoms with Crippen molar-refractivity contribution in [3.05, 3.63) is 28.7 Å². The molecule has 8 heteroatoms. The first-order valence-corrected chi connectivity index (χ1v) is 9.89. The van der Waals surface area contributed by atoms with Crippen molar-refractivity contribution in [3.8, 4) is 5.75 Å². The summed E-state index contributed by atoms with van der Waals surface area (Å²) >= 11 is 3.27. The summed E-state index contributed by atoms with van der Waals surface area (Å²) in [7, 11) is -2.58. The van der Waals surface area contributed by atoms with Gasteiger partial charge in [0.2, 0.25) is 0 Å². The molecule has 6 nitrogen and oxygen atoms in total. The Labute approximate surface area is 151 Å². The number of halogens is 1. The smallest absolute Gasteiger partial charge is 0.362 e. The van der Waals surface area contributed by atoms with Crippen LogP contribution in [0.5, 0.6) is 5.75 Å². The molecule has 136 valence electrons. The summed E-state index contributed by atoms with van der Waals surface area (Å²) in [6.07, 6.45) is -0.760. The topological polar surface area (TPSA) is 71.1 Å². The second-order valence-electron chi connectivity index (χ2n) is 6.09. The Kier molecular flexibility index (Phi) is 6.66. The molecule has 0 bridgehead atoms. The predicted molar refractivity (Wildman–Crippen MR) is 92.8 cm³/mol. The molecule has 1 saturated heterocycles. The highest BCUT2D eigenvalue weighted by Crippen LogP contribution is 2.35. The minimum Gasteiger partial charge on any atom is -0.362 e. The average Bonchev–Trinajstić information content (AvgIpc) is 2.54. The van der Waals surface area contributed by atoms with Gasteiger partial charge < -0.3 is 13.7 Å². The molecule has 5 atom stereocenters. The summed E-state index contributed by atoms with van der Waals surface area (Å²) in [5.74, 6) is 0.853. The number of hydrogen-bond acceptors (Lipinski definition) is 6. The van der Waals surface area contributed by atoms with Gasteiger partial charge in [0.05, 0.1) is 12.7 Å². The summed E-state index contributed by atoms with van der Waals surface area (Å²) < 4.78 is 45.9. The van der Waals surface area contributed by atoms with Crippen LogP contribution in [0.25, 0.3) is 0 Å². The van der Waals surface area contributed by atoms with Gasteiger partial charge in [0, 0.05) is 17.5 Å². The van der Waals surface area contributed by atoms with Gasteiger partial charge in [-0.15, -0.1) is 0 Å². The third kappa shape index (κ3) is 4.92. The molecule has 24 heavy (non-hydrogen) atoms. The van der Waals surface area contributed by atoms with Crippen molar-refractivity contribution in [1.82, 2.24) is 0 Å². The SMILES string of the molecule is CO[C@H]1OC(COS(=O)(=O)Oc2ccc(Br)cc2)[C@@H](C)[C@H](C)C1C. The summed E-state index contributed by atoms with van der Waals surface area (Å²) in [6, 6.07) is 6.44. The van der Waals surface area contributed by atoms with Crippen LogP contribution in [-0.4, -0.2) is 34.5 Å². The van der Waals surface area contributed by atoms with Crippen LogP contribution >= 0.6 is 15.9 Å². The van der Waals surface area contributed by atoms with E-state index < -0.39 is 10.4 Å². The molecular weight excluding hydrogens is 400 g/mol. The molecule has 0 radical (unpaired) electrons. The molecular formula is C16H23BrO6S. The van der Waals surface area contributed by atoms with Crippen LogP contribution in [0, 0.1) is 17.8 Å². The normalized spacial score (nSPS) is 31.0. The maximum Gasteiger partial charge on any atom is 0.449 e. The van der Waals surface area contributed by atoms with Crippen molar-refractivity contribution in [2.75, 3.05) is 13.7 Å². The van der Waals surface area contributed by atoms with Crippen molar-refractivity contribution in [2.24, 2.45) is 17.8 Å². The van der Waals surface area contributed by atoms with E-state index >= 15 is 0 Å². The van der Waals surface area contributed by atoms with Gasteiger partial charge in [0.25, 0.3) is 0 Å². The Morgan fingerprint density at radius 1 is 1.08 bits per heavy atom. The maximum atomic E-state index is 12.0. The Bertz CT molecular complexity index is 630. The van der Waals surface area contributed by atoms with E-state index in [9.17, 15) is 8.42 Å². The van der Waals surface area contributed by atoms with Crippen LogP contribution in [-0.2, 0) is 24.1 Å². The average molecular weight is 423 g/mol. The zero-order valence-corrected chi connectivity index (χ0v) is 16.5. The van der Waals surface area contributed by atoms with Crippen LogP contribution in [0.1, 0.15) is 20.8 Å².